The summed E-state index contributed by atoms with van der Waals surface area (Å²) in [5.74, 6) is 1.49. The van der Waals surface area contributed by atoms with Crippen molar-refractivity contribution in [3.05, 3.63) is 83.0 Å². The fourth-order valence-electron chi connectivity index (χ4n) is 4.65. The van der Waals surface area contributed by atoms with E-state index in [1.165, 1.54) is 38.7 Å². The Labute approximate surface area is 184 Å². The minimum atomic E-state index is 0.0975. The molecule has 0 spiro atoms. The van der Waals surface area contributed by atoms with E-state index >= 15 is 0 Å². The van der Waals surface area contributed by atoms with Crippen LogP contribution in [0.4, 0.5) is 17.1 Å². The average molecular weight is 409 g/mol. The highest BCUT2D eigenvalue weighted by molar-refractivity contribution is 6.05. The Bertz CT molecular complexity index is 1310. The molecule has 0 saturated heterocycles. The van der Waals surface area contributed by atoms with Gasteiger partial charge in [-0.15, -0.1) is 0 Å². The van der Waals surface area contributed by atoms with Gasteiger partial charge in [0.2, 0.25) is 5.88 Å². The largest absolute Gasteiger partial charge is 0.435 e. The van der Waals surface area contributed by atoms with Gasteiger partial charge in [0.05, 0.1) is 11.4 Å². The quantitative estimate of drug-likeness (QED) is 0.281. The third-order valence-electron chi connectivity index (χ3n) is 6.19. The molecular formula is C28H28N2O. The summed E-state index contributed by atoms with van der Waals surface area (Å²) in [4.78, 5) is 6.90. The summed E-state index contributed by atoms with van der Waals surface area (Å²) in [6.07, 6.45) is 1.79. The van der Waals surface area contributed by atoms with Crippen LogP contribution in [0.25, 0.3) is 10.8 Å². The number of rotatable bonds is 1. The smallest absolute Gasteiger partial charge is 0.243 e. The molecule has 0 radical (unpaired) electrons. The summed E-state index contributed by atoms with van der Waals surface area (Å²) in [7, 11) is 0. The number of hydrogen-bond acceptors (Lipinski definition) is 3. The fraction of sp³-hybridized carbons (Fsp3) is 0.250. The van der Waals surface area contributed by atoms with Gasteiger partial charge in [0.15, 0.2) is 5.75 Å². The highest BCUT2D eigenvalue weighted by atomic mass is 16.5. The number of nitrogens with zero attached hydrogens (tertiary/aromatic N) is 2. The molecule has 2 heterocycles. The van der Waals surface area contributed by atoms with Crippen LogP contribution in [0, 0.1) is 20.8 Å². The van der Waals surface area contributed by atoms with Gasteiger partial charge in [-0.2, -0.15) is 0 Å². The van der Waals surface area contributed by atoms with E-state index in [4.69, 9.17) is 4.74 Å². The number of aryl methyl sites for hydroxylation is 3. The van der Waals surface area contributed by atoms with E-state index in [1.54, 1.807) is 6.20 Å². The second-order valence-corrected chi connectivity index (χ2v) is 9.56. The molecule has 0 bridgehead atoms. The SMILES string of the molecule is Cc1cc(C(C)(C)C)cc(C)c1N1c2cccnc2Oc2cc(C)c3ccccc3c21. The van der Waals surface area contributed by atoms with Crippen LogP contribution in [-0.2, 0) is 5.41 Å². The molecule has 0 fully saturated rings. The predicted octanol–water partition coefficient (Wildman–Crippen LogP) is 8.03. The lowest BCUT2D eigenvalue weighted by Crippen LogP contribution is -2.20. The Kier molecular flexibility index (Phi) is 4.33. The maximum absolute atomic E-state index is 6.32. The van der Waals surface area contributed by atoms with Crippen molar-refractivity contribution >= 4 is 27.8 Å². The fourth-order valence-corrected chi connectivity index (χ4v) is 4.65. The monoisotopic (exact) mass is 408 g/mol. The average Bonchev–Trinajstić information content (AvgIpc) is 2.72. The summed E-state index contributed by atoms with van der Waals surface area (Å²) in [6, 6.07) is 19.4. The number of anilines is 3. The summed E-state index contributed by atoms with van der Waals surface area (Å²) in [5.41, 5.74) is 8.38. The third kappa shape index (κ3) is 3.07. The van der Waals surface area contributed by atoms with Crippen LogP contribution in [0.2, 0.25) is 0 Å². The minimum absolute atomic E-state index is 0.0975. The molecule has 3 heteroatoms. The second kappa shape index (κ2) is 6.84. The summed E-state index contributed by atoms with van der Waals surface area (Å²) in [5, 5.41) is 2.43. The van der Waals surface area contributed by atoms with Crippen molar-refractivity contribution in [2.45, 2.75) is 47.0 Å². The van der Waals surface area contributed by atoms with Crippen molar-refractivity contribution < 1.29 is 4.74 Å². The number of ether oxygens (including phenoxy) is 1. The van der Waals surface area contributed by atoms with Gasteiger partial charge in [-0.1, -0.05) is 57.2 Å². The molecule has 3 nitrogen and oxygen atoms in total. The van der Waals surface area contributed by atoms with Gasteiger partial charge in [-0.25, -0.2) is 4.98 Å². The van der Waals surface area contributed by atoms with Gasteiger partial charge in [0.1, 0.15) is 5.69 Å². The Balaban J connectivity index is 1.86. The van der Waals surface area contributed by atoms with Gasteiger partial charge in [0.25, 0.3) is 0 Å². The topological polar surface area (TPSA) is 25.4 Å². The van der Waals surface area contributed by atoms with Crippen LogP contribution in [0.15, 0.2) is 60.8 Å². The number of hydrogen-bond donors (Lipinski definition) is 0. The molecule has 0 aliphatic carbocycles. The minimum Gasteiger partial charge on any atom is -0.435 e. The first kappa shape index (κ1) is 19.6. The van der Waals surface area contributed by atoms with Crippen LogP contribution in [0.3, 0.4) is 0 Å². The van der Waals surface area contributed by atoms with E-state index in [-0.39, 0.29) is 5.41 Å². The van der Waals surface area contributed by atoms with Gasteiger partial charge in [-0.05, 0) is 72.0 Å². The number of fused-ring (bicyclic) bond motifs is 4. The molecule has 5 rings (SSSR count). The Morgan fingerprint density at radius 3 is 2.13 bits per heavy atom. The lowest BCUT2D eigenvalue weighted by molar-refractivity contribution is 0.458. The van der Waals surface area contributed by atoms with E-state index in [1.807, 2.05) is 6.07 Å². The molecule has 3 aromatic carbocycles. The maximum atomic E-state index is 6.32. The molecule has 0 saturated carbocycles. The van der Waals surface area contributed by atoms with Gasteiger partial charge in [0, 0.05) is 11.6 Å². The highest BCUT2D eigenvalue weighted by Crippen LogP contribution is 2.54. The van der Waals surface area contributed by atoms with E-state index in [0.29, 0.717) is 5.88 Å². The molecule has 31 heavy (non-hydrogen) atoms. The molecule has 4 aromatic rings. The molecule has 0 N–H and O–H groups in total. The molecular weight excluding hydrogens is 380 g/mol. The van der Waals surface area contributed by atoms with Crippen molar-refractivity contribution in [1.29, 1.82) is 0 Å². The molecule has 0 unspecified atom stereocenters. The standard InChI is InChI=1S/C28H28N2O/c1-17-16-24-26(22-11-8-7-10-21(17)22)30(23-12-9-13-29-27(23)31-24)25-18(2)14-20(15-19(25)3)28(4,5)6/h7-16H,1-6H3. The second-order valence-electron chi connectivity index (χ2n) is 9.56. The predicted molar refractivity (Wildman–Crippen MR) is 129 cm³/mol. The third-order valence-corrected chi connectivity index (χ3v) is 6.19. The van der Waals surface area contributed by atoms with E-state index in [0.717, 1.165) is 17.1 Å². The molecule has 1 aliphatic heterocycles. The highest BCUT2D eigenvalue weighted by Gasteiger charge is 2.31. The first-order valence-corrected chi connectivity index (χ1v) is 10.8. The first-order valence-electron chi connectivity index (χ1n) is 10.8. The Morgan fingerprint density at radius 2 is 1.45 bits per heavy atom. The van der Waals surface area contributed by atoms with Crippen LogP contribution in [-0.4, -0.2) is 4.98 Å². The summed E-state index contributed by atoms with van der Waals surface area (Å²) < 4.78 is 6.32. The van der Waals surface area contributed by atoms with Crippen LogP contribution in [0.5, 0.6) is 11.6 Å². The van der Waals surface area contributed by atoms with Gasteiger partial charge >= 0.3 is 0 Å². The summed E-state index contributed by atoms with van der Waals surface area (Å²) >= 11 is 0. The van der Waals surface area contributed by atoms with E-state index in [9.17, 15) is 0 Å². The molecule has 0 amide bonds. The van der Waals surface area contributed by atoms with Crippen molar-refractivity contribution in [2.24, 2.45) is 0 Å². The zero-order valence-corrected chi connectivity index (χ0v) is 19.1. The number of benzene rings is 3. The first-order chi connectivity index (χ1) is 14.8. The van der Waals surface area contributed by atoms with Crippen LogP contribution >= 0.6 is 0 Å². The van der Waals surface area contributed by atoms with Crippen LogP contribution < -0.4 is 9.64 Å². The zero-order chi connectivity index (χ0) is 21.9. The lowest BCUT2D eigenvalue weighted by Gasteiger charge is -2.36. The van der Waals surface area contributed by atoms with Crippen molar-refractivity contribution in [3.63, 3.8) is 0 Å². The molecule has 156 valence electrons. The van der Waals surface area contributed by atoms with E-state index < -0.39 is 0 Å². The van der Waals surface area contributed by atoms with Gasteiger partial charge < -0.3 is 9.64 Å². The van der Waals surface area contributed by atoms with Crippen LogP contribution in [0.1, 0.15) is 43.0 Å². The summed E-state index contributed by atoms with van der Waals surface area (Å²) in [6.45, 7) is 13.3. The lowest BCUT2D eigenvalue weighted by atomic mass is 9.84. The molecule has 0 atom stereocenters. The van der Waals surface area contributed by atoms with Crippen molar-refractivity contribution in [2.75, 3.05) is 4.90 Å². The van der Waals surface area contributed by atoms with Gasteiger partial charge in [-0.3, -0.25) is 0 Å². The Hall–Kier alpha value is -3.33. The number of pyridine rings is 1. The van der Waals surface area contributed by atoms with E-state index in [2.05, 4.69) is 100.0 Å². The maximum Gasteiger partial charge on any atom is 0.243 e. The number of aromatic nitrogens is 1. The molecule has 1 aliphatic rings. The Morgan fingerprint density at radius 1 is 0.774 bits per heavy atom. The van der Waals surface area contributed by atoms with Crippen molar-refractivity contribution in [1.82, 2.24) is 4.98 Å². The normalized spacial score (nSPS) is 13.0. The zero-order valence-electron chi connectivity index (χ0n) is 19.1. The molecule has 1 aromatic heterocycles. The van der Waals surface area contributed by atoms with Crippen molar-refractivity contribution in [3.8, 4) is 11.6 Å².